The van der Waals surface area contributed by atoms with E-state index in [2.05, 4.69) is 26.6 Å². The Morgan fingerprint density at radius 2 is 1.78 bits per heavy atom. The topological polar surface area (TPSA) is 141 Å². The van der Waals surface area contributed by atoms with Crippen LogP contribution in [-0.2, 0) is 15.0 Å². The van der Waals surface area contributed by atoms with Crippen molar-refractivity contribution in [1.82, 2.24) is 15.5 Å². The number of hydrogen-bond acceptors (Lipinski definition) is 7. The van der Waals surface area contributed by atoms with Gasteiger partial charge in [0.15, 0.2) is 0 Å². The van der Waals surface area contributed by atoms with Crippen LogP contribution >= 0.6 is 0 Å². The molecule has 10 heteroatoms. The number of aliphatic imine (C=N–C) groups is 1. The van der Waals surface area contributed by atoms with E-state index in [1.807, 2.05) is 30.3 Å². The lowest BCUT2D eigenvalue weighted by atomic mass is 9.74. The quantitative estimate of drug-likeness (QED) is 0.273. The zero-order chi connectivity index (χ0) is 29.6. The minimum absolute atomic E-state index is 0.0633. The number of allylic oxidation sites excluding steroid dienone is 1. The molecule has 2 heterocycles. The van der Waals surface area contributed by atoms with Crippen molar-refractivity contribution in [2.75, 3.05) is 33.2 Å². The summed E-state index contributed by atoms with van der Waals surface area (Å²) in [6, 6.07) is 18.5. The normalized spacial score (nSPS) is 20.5. The highest BCUT2D eigenvalue weighted by atomic mass is 16.6. The summed E-state index contributed by atoms with van der Waals surface area (Å²) in [6.07, 6.45) is 2.26. The van der Waals surface area contributed by atoms with Gasteiger partial charge in [-0.1, -0.05) is 42.5 Å². The fourth-order valence-electron chi connectivity index (χ4n) is 5.97. The van der Waals surface area contributed by atoms with Crippen molar-refractivity contribution in [3.8, 4) is 6.07 Å². The van der Waals surface area contributed by atoms with E-state index in [9.17, 15) is 25.0 Å². The van der Waals surface area contributed by atoms with Crippen LogP contribution in [0.25, 0.3) is 0 Å². The Hall–Kier alpha value is -4.36. The van der Waals surface area contributed by atoms with E-state index in [0.717, 1.165) is 44.5 Å². The van der Waals surface area contributed by atoms with Gasteiger partial charge in [-0.05, 0) is 63.9 Å². The minimum atomic E-state index is -0.718. The second kappa shape index (κ2) is 12.9. The summed E-state index contributed by atoms with van der Waals surface area (Å²) >= 11 is 0. The Balaban J connectivity index is 1.41. The van der Waals surface area contributed by atoms with Crippen LogP contribution in [0.1, 0.15) is 50.2 Å². The van der Waals surface area contributed by atoms with Crippen LogP contribution in [0.2, 0.25) is 0 Å². The summed E-state index contributed by atoms with van der Waals surface area (Å²) < 4.78 is 0. The maximum atomic E-state index is 13.5. The molecule has 0 aromatic heterocycles. The Kier molecular flexibility index (Phi) is 9.30. The summed E-state index contributed by atoms with van der Waals surface area (Å²) in [5, 5.41) is 26.8. The van der Waals surface area contributed by atoms with Crippen molar-refractivity contribution in [3.63, 3.8) is 0 Å². The van der Waals surface area contributed by atoms with Crippen molar-refractivity contribution in [3.05, 3.63) is 87.1 Å². The molecule has 2 aliphatic heterocycles. The molecule has 2 aromatic carbocycles. The first kappa shape index (κ1) is 29.6. The van der Waals surface area contributed by atoms with Crippen LogP contribution in [0.4, 0.5) is 5.69 Å². The molecule has 214 valence electrons. The molecule has 0 spiro atoms. The summed E-state index contributed by atoms with van der Waals surface area (Å²) in [4.78, 5) is 44.0. The van der Waals surface area contributed by atoms with Gasteiger partial charge in [0.1, 0.15) is 0 Å². The lowest BCUT2D eigenvalue weighted by Gasteiger charge is -2.37. The van der Waals surface area contributed by atoms with E-state index in [-0.39, 0.29) is 17.5 Å². The molecule has 0 radical (unpaired) electrons. The molecule has 0 aliphatic carbocycles. The van der Waals surface area contributed by atoms with E-state index >= 15 is 0 Å². The lowest BCUT2D eigenvalue weighted by Crippen LogP contribution is -2.43. The van der Waals surface area contributed by atoms with Crippen LogP contribution in [0, 0.1) is 27.4 Å². The first-order chi connectivity index (χ1) is 19.7. The number of piperidine rings is 1. The molecule has 41 heavy (non-hydrogen) atoms. The molecule has 1 saturated heterocycles. The monoisotopic (exact) mass is 556 g/mol. The Bertz CT molecular complexity index is 1390. The zero-order valence-corrected chi connectivity index (χ0v) is 23.7. The molecule has 2 aromatic rings. The lowest BCUT2D eigenvalue weighted by molar-refractivity contribution is -0.384. The summed E-state index contributed by atoms with van der Waals surface area (Å²) in [6.45, 7) is 6.36. The number of amides is 2. The fraction of sp³-hybridized carbons (Fsp3) is 0.419. The molecule has 2 unspecified atom stereocenters. The van der Waals surface area contributed by atoms with E-state index in [1.165, 1.54) is 19.2 Å². The number of benzene rings is 2. The number of nitrogens with one attached hydrogen (secondary N) is 2. The van der Waals surface area contributed by atoms with Crippen LogP contribution < -0.4 is 10.6 Å². The van der Waals surface area contributed by atoms with Gasteiger partial charge in [0.05, 0.1) is 22.3 Å². The maximum Gasteiger partial charge on any atom is 0.269 e. The molecular formula is C31H36N6O4. The van der Waals surface area contributed by atoms with Crippen LogP contribution in [0.15, 0.2) is 70.9 Å². The molecule has 2 aliphatic rings. The molecule has 1 fully saturated rings. The number of non-ortho nitro benzene ring substituents is 1. The van der Waals surface area contributed by atoms with Gasteiger partial charge in [0.25, 0.3) is 5.69 Å². The molecule has 2 N–H and O–H groups in total. The van der Waals surface area contributed by atoms with E-state index in [1.54, 1.807) is 26.0 Å². The average molecular weight is 557 g/mol. The number of nitriles is 1. The largest absolute Gasteiger partial charge is 0.359 e. The van der Waals surface area contributed by atoms with Gasteiger partial charge >= 0.3 is 0 Å². The van der Waals surface area contributed by atoms with Gasteiger partial charge in [-0.3, -0.25) is 24.7 Å². The predicted molar refractivity (Wildman–Crippen MR) is 156 cm³/mol. The van der Waals surface area contributed by atoms with Crippen LogP contribution in [0.5, 0.6) is 0 Å². The number of nitro groups is 1. The third-order valence-corrected chi connectivity index (χ3v) is 8.25. The van der Waals surface area contributed by atoms with Crippen molar-refractivity contribution in [2.45, 2.75) is 44.4 Å². The second-order valence-electron chi connectivity index (χ2n) is 10.7. The third-order valence-electron chi connectivity index (χ3n) is 8.25. The molecule has 2 amide bonds. The van der Waals surface area contributed by atoms with Gasteiger partial charge in [-0.2, -0.15) is 5.26 Å². The smallest absolute Gasteiger partial charge is 0.269 e. The van der Waals surface area contributed by atoms with Crippen molar-refractivity contribution < 1.29 is 14.5 Å². The van der Waals surface area contributed by atoms with Gasteiger partial charge in [-0.15, -0.1) is 0 Å². The SMILES string of the molecule is CNC(=O)C1C(C)=NC(C)=C(C(=O)NCCCN2CCC(C#N)(c3ccccc3)CC2)C1c1ccc([N+](=O)[O-])cc1. The summed E-state index contributed by atoms with van der Waals surface area (Å²) in [5.41, 5.74) is 2.68. The molecule has 0 bridgehead atoms. The van der Waals surface area contributed by atoms with E-state index < -0.39 is 22.2 Å². The number of rotatable bonds is 9. The van der Waals surface area contributed by atoms with Crippen LogP contribution in [0.3, 0.4) is 0 Å². The van der Waals surface area contributed by atoms with Crippen molar-refractivity contribution in [2.24, 2.45) is 10.9 Å². The predicted octanol–water partition coefficient (Wildman–Crippen LogP) is 3.85. The first-order valence-electron chi connectivity index (χ1n) is 13.9. The Morgan fingerprint density at radius 3 is 2.37 bits per heavy atom. The van der Waals surface area contributed by atoms with Gasteiger partial charge in [0.2, 0.25) is 11.8 Å². The van der Waals surface area contributed by atoms with Gasteiger partial charge < -0.3 is 15.5 Å². The number of nitrogens with zero attached hydrogens (tertiary/aromatic N) is 4. The molecule has 10 nitrogen and oxygen atoms in total. The second-order valence-corrected chi connectivity index (χ2v) is 10.7. The molecule has 2 atom stereocenters. The first-order valence-corrected chi connectivity index (χ1v) is 13.9. The third kappa shape index (κ3) is 6.36. The maximum absolute atomic E-state index is 13.5. The van der Waals surface area contributed by atoms with E-state index in [0.29, 0.717) is 29.1 Å². The summed E-state index contributed by atoms with van der Waals surface area (Å²) in [7, 11) is 1.54. The number of carbonyl (C=O) groups excluding carboxylic acids is 2. The standard InChI is InChI=1S/C31H36N6O4/c1-21-26(29(38)33-3)28(23-10-12-25(13-11-23)37(40)41)27(22(2)35-21)30(39)34-16-7-17-36-18-14-31(20-32,15-19-36)24-8-5-4-6-9-24/h4-6,8-13,26,28H,7,14-19H2,1-3H3,(H,33,38)(H,34,39). The highest BCUT2D eigenvalue weighted by molar-refractivity contribution is 6.09. The van der Waals surface area contributed by atoms with Gasteiger partial charge in [0, 0.05) is 48.6 Å². The van der Waals surface area contributed by atoms with Gasteiger partial charge in [-0.25, -0.2) is 0 Å². The highest BCUT2D eigenvalue weighted by Gasteiger charge is 2.41. The number of hydrogen-bond donors (Lipinski definition) is 2. The van der Waals surface area contributed by atoms with Crippen molar-refractivity contribution in [1.29, 1.82) is 5.26 Å². The zero-order valence-electron chi connectivity index (χ0n) is 23.7. The summed E-state index contributed by atoms with van der Waals surface area (Å²) in [5.74, 6) is -1.93. The van der Waals surface area contributed by atoms with Crippen LogP contribution in [-0.4, -0.2) is 60.6 Å². The Morgan fingerprint density at radius 1 is 1.12 bits per heavy atom. The average Bonchev–Trinajstić information content (AvgIpc) is 2.99. The Labute approximate surface area is 240 Å². The number of nitro benzene ring substituents is 1. The number of likely N-dealkylation sites (tertiary alicyclic amines) is 1. The number of carbonyl (C=O) groups is 2. The fourth-order valence-corrected chi connectivity index (χ4v) is 5.97. The van der Waals surface area contributed by atoms with E-state index in [4.69, 9.17) is 0 Å². The van der Waals surface area contributed by atoms with Crippen molar-refractivity contribution >= 4 is 23.2 Å². The molecule has 0 saturated carbocycles. The highest BCUT2D eigenvalue weighted by Crippen LogP contribution is 2.40. The molecule has 4 rings (SSSR count). The minimum Gasteiger partial charge on any atom is -0.359 e. The molecular weight excluding hydrogens is 520 g/mol.